The molecule has 2 heterocycles. The molecule has 3 atom stereocenters. The van der Waals surface area contributed by atoms with Gasteiger partial charge in [0.25, 0.3) is 0 Å². The van der Waals surface area contributed by atoms with Crippen LogP contribution >= 0.6 is 11.8 Å². The molecular weight excluding hydrogens is 448 g/mol. The van der Waals surface area contributed by atoms with E-state index in [0.29, 0.717) is 89.9 Å². The van der Waals surface area contributed by atoms with Crippen molar-refractivity contribution in [2.45, 2.75) is 62.8 Å². The Morgan fingerprint density at radius 1 is 0.818 bits per heavy atom. The number of unbranched alkanes of at least 4 members (excludes halogenated alkanes) is 1. The summed E-state index contributed by atoms with van der Waals surface area (Å²) in [4.78, 5) is 23.4. The van der Waals surface area contributed by atoms with E-state index in [1.165, 1.54) is 0 Å². The molecular formula is C23H42N2O7S. The number of fused-ring (bicyclic) bond motifs is 1. The first-order chi connectivity index (χ1) is 16.2. The Morgan fingerprint density at radius 3 is 2.03 bits per heavy atom. The highest BCUT2D eigenvalue weighted by Gasteiger charge is 2.42. The standard InChI is InChI=1S/C23H42N2O7S/c1-2-28-10-11-30-14-15-32-17-16-31-13-12-29-9-5-7-19(26)6-3-4-8-21-22-20(18-33-21)24-23(27)25-22/h20-22H,2-18H2,1H3,(H2,24,25,27). The van der Waals surface area contributed by atoms with E-state index in [0.717, 1.165) is 31.4 Å². The smallest absolute Gasteiger partial charge is 0.315 e. The van der Waals surface area contributed by atoms with E-state index < -0.39 is 0 Å². The van der Waals surface area contributed by atoms with E-state index in [1.807, 2.05) is 18.7 Å². The quantitative estimate of drug-likeness (QED) is 0.176. The van der Waals surface area contributed by atoms with Crippen LogP contribution in [0.4, 0.5) is 4.79 Å². The van der Waals surface area contributed by atoms with Gasteiger partial charge < -0.3 is 34.3 Å². The predicted molar refractivity (Wildman–Crippen MR) is 128 cm³/mol. The zero-order valence-electron chi connectivity index (χ0n) is 20.0. The highest BCUT2D eigenvalue weighted by molar-refractivity contribution is 8.00. The van der Waals surface area contributed by atoms with Gasteiger partial charge in [0.05, 0.1) is 64.9 Å². The van der Waals surface area contributed by atoms with Crippen molar-refractivity contribution in [1.82, 2.24) is 10.6 Å². The molecule has 2 amide bonds. The molecule has 9 nitrogen and oxygen atoms in total. The van der Waals surface area contributed by atoms with Crippen molar-refractivity contribution in [3.8, 4) is 0 Å². The van der Waals surface area contributed by atoms with Gasteiger partial charge in [-0.2, -0.15) is 11.8 Å². The van der Waals surface area contributed by atoms with E-state index in [2.05, 4.69) is 10.6 Å². The van der Waals surface area contributed by atoms with Crippen LogP contribution < -0.4 is 10.6 Å². The van der Waals surface area contributed by atoms with Gasteiger partial charge in [-0.25, -0.2) is 4.79 Å². The fourth-order valence-corrected chi connectivity index (χ4v) is 5.37. The van der Waals surface area contributed by atoms with Gasteiger partial charge in [0.1, 0.15) is 5.78 Å². The third-order valence-electron chi connectivity index (χ3n) is 5.57. The Kier molecular flexibility index (Phi) is 15.8. The summed E-state index contributed by atoms with van der Waals surface area (Å²) in [5, 5.41) is 6.44. The largest absolute Gasteiger partial charge is 0.379 e. The lowest BCUT2D eigenvalue weighted by Crippen LogP contribution is -2.36. The summed E-state index contributed by atoms with van der Waals surface area (Å²) in [6, 6.07) is 0.482. The number of urea groups is 1. The fraction of sp³-hybridized carbons (Fsp3) is 0.913. The Morgan fingerprint density at radius 2 is 1.39 bits per heavy atom. The number of Topliss-reactive ketones (excluding diaryl/α,β-unsaturated/α-hetero) is 1. The Bertz CT molecular complexity index is 541. The lowest BCUT2D eigenvalue weighted by Gasteiger charge is -2.16. The van der Waals surface area contributed by atoms with Gasteiger partial charge in [0, 0.05) is 37.1 Å². The monoisotopic (exact) mass is 490 g/mol. The Balaban J connectivity index is 1.27. The minimum absolute atomic E-state index is 0.0424. The maximum atomic E-state index is 12.0. The lowest BCUT2D eigenvalue weighted by molar-refractivity contribution is -0.119. The van der Waals surface area contributed by atoms with Gasteiger partial charge in [-0.1, -0.05) is 6.42 Å². The molecule has 0 aromatic carbocycles. The summed E-state index contributed by atoms with van der Waals surface area (Å²) >= 11 is 1.92. The van der Waals surface area contributed by atoms with Crippen molar-refractivity contribution in [3.05, 3.63) is 0 Å². The molecule has 0 spiro atoms. The lowest BCUT2D eigenvalue weighted by atomic mass is 10.0. The summed E-state index contributed by atoms with van der Waals surface area (Å²) in [5.41, 5.74) is 0. The molecule has 2 N–H and O–H groups in total. The van der Waals surface area contributed by atoms with Gasteiger partial charge >= 0.3 is 6.03 Å². The summed E-state index contributed by atoms with van der Waals surface area (Å²) in [6.07, 6.45) is 4.97. The molecule has 2 aliphatic heterocycles. The number of ether oxygens (including phenoxy) is 5. The Labute approximate surface area is 202 Å². The molecule has 0 bridgehead atoms. The second-order valence-corrected chi connectivity index (χ2v) is 9.43. The zero-order valence-corrected chi connectivity index (χ0v) is 20.8. The molecule has 192 valence electrons. The number of hydrogen-bond donors (Lipinski definition) is 2. The number of hydrogen-bond acceptors (Lipinski definition) is 8. The molecule has 2 fully saturated rings. The van der Waals surface area contributed by atoms with E-state index in [-0.39, 0.29) is 18.1 Å². The maximum Gasteiger partial charge on any atom is 0.315 e. The van der Waals surface area contributed by atoms with Crippen molar-refractivity contribution in [1.29, 1.82) is 0 Å². The minimum Gasteiger partial charge on any atom is -0.379 e. The summed E-state index contributed by atoms with van der Waals surface area (Å²) in [6.45, 7) is 7.71. The van der Waals surface area contributed by atoms with Crippen LogP contribution in [0.25, 0.3) is 0 Å². The molecule has 0 aromatic heterocycles. The first-order valence-corrected chi connectivity index (χ1v) is 13.3. The molecule has 2 rings (SSSR count). The second kappa shape index (κ2) is 18.4. The van der Waals surface area contributed by atoms with Crippen molar-refractivity contribution in [2.75, 3.05) is 71.8 Å². The molecule has 33 heavy (non-hydrogen) atoms. The number of thioether (sulfide) groups is 1. The first-order valence-electron chi connectivity index (χ1n) is 12.3. The summed E-state index contributed by atoms with van der Waals surface area (Å²) < 4.78 is 26.9. The van der Waals surface area contributed by atoms with E-state index in [9.17, 15) is 9.59 Å². The van der Waals surface area contributed by atoms with Crippen molar-refractivity contribution < 1.29 is 33.3 Å². The molecule has 10 heteroatoms. The van der Waals surface area contributed by atoms with Gasteiger partial charge in [-0.3, -0.25) is 4.79 Å². The van der Waals surface area contributed by atoms with Crippen molar-refractivity contribution >= 4 is 23.6 Å². The SMILES string of the molecule is CCOCCOCCOCCOCCOCCCC(=O)CCCCC1SCC2NC(=O)NC21. The normalized spacial score (nSPS) is 21.7. The van der Waals surface area contributed by atoms with Crippen LogP contribution in [0, 0.1) is 0 Å². The van der Waals surface area contributed by atoms with Crippen LogP contribution in [0.2, 0.25) is 0 Å². The summed E-state index contributed by atoms with van der Waals surface area (Å²) in [5.74, 6) is 1.29. The van der Waals surface area contributed by atoms with Gasteiger partial charge in [0.15, 0.2) is 0 Å². The van der Waals surface area contributed by atoms with Gasteiger partial charge in [-0.05, 0) is 26.2 Å². The number of rotatable bonds is 22. The van der Waals surface area contributed by atoms with Crippen LogP contribution in [0.3, 0.4) is 0 Å². The number of carbonyl (C=O) groups excluding carboxylic acids is 2. The number of nitrogens with one attached hydrogen (secondary N) is 2. The van der Waals surface area contributed by atoms with Crippen LogP contribution in [-0.4, -0.2) is 101 Å². The third kappa shape index (κ3) is 12.9. The molecule has 2 saturated heterocycles. The number of amides is 2. The molecule has 0 aliphatic carbocycles. The summed E-state index contributed by atoms with van der Waals surface area (Å²) in [7, 11) is 0. The minimum atomic E-state index is -0.0424. The predicted octanol–water partition coefficient (Wildman–Crippen LogP) is 2.16. The zero-order chi connectivity index (χ0) is 23.6. The second-order valence-electron chi connectivity index (χ2n) is 8.16. The first kappa shape index (κ1) is 28.3. The fourth-order valence-electron chi connectivity index (χ4n) is 3.83. The highest BCUT2D eigenvalue weighted by Crippen LogP contribution is 2.33. The van der Waals surface area contributed by atoms with E-state index in [1.54, 1.807) is 0 Å². The molecule has 2 aliphatic rings. The number of carbonyl (C=O) groups is 2. The van der Waals surface area contributed by atoms with Crippen LogP contribution in [0.15, 0.2) is 0 Å². The average molecular weight is 491 g/mol. The van der Waals surface area contributed by atoms with E-state index >= 15 is 0 Å². The maximum absolute atomic E-state index is 12.0. The molecule has 3 unspecified atom stereocenters. The molecule has 0 aromatic rings. The highest BCUT2D eigenvalue weighted by atomic mass is 32.2. The van der Waals surface area contributed by atoms with Crippen molar-refractivity contribution in [3.63, 3.8) is 0 Å². The average Bonchev–Trinajstić information content (AvgIpc) is 3.35. The third-order valence-corrected chi connectivity index (χ3v) is 7.08. The van der Waals surface area contributed by atoms with Crippen LogP contribution in [0.5, 0.6) is 0 Å². The van der Waals surface area contributed by atoms with Crippen molar-refractivity contribution in [2.24, 2.45) is 0 Å². The Hall–Kier alpha value is -0.910. The molecule has 0 saturated carbocycles. The van der Waals surface area contributed by atoms with Crippen LogP contribution in [-0.2, 0) is 28.5 Å². The van der Waals surface area contributed by atoms with E-state index in [4.69, 9.17) is 23.7 Å². The van der Waals surface area contributed by atoms with Gasteiger partial charge in [0.2, 0.25) is 0 Å². The molecule has 0 radical (unpaired) electrons. The van der Waals surface area contributed by atoms with Crippen LogP contribution in [0.1, 0.15) is 45.4 Å². The van der Waals surface area contributed by atoms with Gasteiger partial charge in [-0.15, -0.1) is 0 Å². The topological polar surface area (TPSA) is 104 Å². The number of ketones is 1.